The number of carbonyl (C=O) groups is 1. The Morgan fingerprint density at radius 2 is 2.26 bits per heavy atom. The summed E-state index contributed by atoms with van der Waals surface area (Å²) in [5, 5.41) is 2.96. The van der Waals surface area contributed by atoms with E-state index in [1.807, 2.05) is 13.0 Å². The highest BCUT2D eigenvalue weighted by Gasteiger charge is 2.08. The third-order valence-corrected chi connectivity index (χ3v) is 4.72. The van der Waals surface area contributed by atoms with Crippen molar-refractivity contribution in [1.82, 2.24) is 14.7 Å². The van der Waals surface area contributed by atoms with Gasteiger partial charge in [-0.2, -0.15) is 0 Å². The fraction of sp³-hybridized carbons (Fsp3) is 0.438. The molecule has 1 amide bonds. The van der Waals surface area contributed by atoms with Gasteiger partial charge >= 0.3 is 0 Å². The highest BCUT2D eigenvalue weighted by atomic mass is 79.9. The molecule has 0 bridgehead atoms. The van der Waals surface area contributed by atoms with Crippen molar-refractivity contribution in [1.29, 1.82) is 0 Å². The number of aromatic nitrogens is 2. The van der Waals surface area contributed by atoms with Crippen LogP contribution in [0.4, 0.5) is 0 Å². The molecule has 0 unspecified atom stereocenters. The van der Waals surface area contributed by atoms with E-state index in [9.17, 15) is 9.59 Å². The van der Waals surface area contributed by atoms with E-state index >= 15 is 0 Å². The molecule has 0 saturated heterocycles. The summed E-state index contributed by atoms with van der Waals surface area (Å²) in [4.78, 5) is 28.3. The Balaban J connectivity index is 1.94. The highest BCUT2D eigenvalue weighted by Crippen LogP contribution is 2.12. The van der Waals surface area contributed by atoms with Gasteiger partial charge in [-0.05, 0) is 41.4 Å². The molecule has 1 atom stereocenters. The summed E-state index contributed by atoms with van der Waals surface area (Å²) in [7, 11) is 0. The second-order valence-electron chi connectivity index (χ2n) is 5.41. The molecule has 0 aromatic carbocycles. The van der Waals surface area contributed by atoms with E-state index < -0.39 is 0 Å². The lowest BCUT2D eigenvalue weighted by atomic mass is 10.2. The van der Waals surface area contributed by atoms with Gasteiger partial charge in [-0.1, -0.05) is 13.3 Å². The monoisotopic (exact) mass is 397 g/mol. The molecule has 5 nitrogen and oxygen atoms in total. The van der Waals surface area contributed by atoms with Crippen molar-refractivity contribution < 1.29 is 4.79 Å². The molecule has 2 rings (SSSR count). The van der Waals surface area contributed by atoms with Crippen LogP contribution in [0.3, 0.4) is 0 Å². The van der Waals surface area contributed by atoms with Gasteiger partial charge in [-0.15, -0.1) is 11.8 Å². The van der Waals surface area contributed by atoms with E-state index in [1.165, 1.54) is 22.2 Å². The fourth-order valence-corrected chi connectivity index (χ4v) is 3.33. The number of pyridine rings is 1. The number of halogens is 1. The molecule has 124 valence electrons. The van der Waals surface area contributed by atoms with Crippen LogP contribution in [0.5, 0.6) is 0 Å². The molecule has 2 heterocycles. The summed E-state index contributed by atoms with van der Waals surface area (Å²) in [6.07, 6.45) is 3.73. The molecule has 0 fully saturated rings. The highest BCUT2D eigenvalue weighted by molar-refractivity contribution is 9.10. The van der Waals surface area contributed by atoms with Crippen molar-refractivity contribution in [2.24, 2.45) is 0 Å². The maximum Gasteiger partial charge on any atom is 0.258 e. The van der Waals surface area contributed by atoms with Crippen molar-refractivity contribution in [3.63, 3.8) is 0 Å². The molecule has 0 saturated carbocycles. The van der Waals surface area contributed by atoms with Crippen LogP contribution in [0.1, 0.15) is 32.4 Å². The maximum atomic E-state index is 12.1. The average molecular weight is 398 g/mol. The molecule has 1 N–H and O–H groups in total. The van der Waals surface area contributed by atoms with Crippen LogP contribution in [-0.4, -0.2) is 27.1 Å². The topological polar surface area (TPSA) is 63.5 Å². The molecule has 23 heavy (non-hydrogen) atoms. The van der Waals surface area contributed by atoms with Crippen LogP contribution in [0.2, 0.25) is 0 Å². The number of fused-ring (bicyclic) bond motifs is 1. The van der Waals surface area contributed by atoms with E-state index in [0.717, 1.165) is 17.3 Å². The summed E-state index contributed by atoms with van der Waals surface area (Å²) in [6.45, 7) is 4.11. The first-order valence-corrected chi connectivity index (χ1v) is 9.49. The quantitative estimate of drug-likeness (QED) is 0.779. The predicted octanol–water partition coefficient (Wildman–Crippen LogP) is 3.00. The first-order valence-electron chi connectivity index (χ1n) is 7.54. The second kappa shape index (κ2) is 8.49. The maximum absolute atomic E-state index is 12.1. The zero-order valence-corrected chi connectivity index (χ0v) is 15.6. The Kier molecular flexibility index (Phi) is 6.65. The largest absolute Gasteiger partial charge is 0.353 e. The van der Waals surface area contributed by atoms with E-state index in [1.54, 1.807) is 12.3 Å². The molecule has 2 aromatic rings. The lowest BCUT2D eigenvalue weighted by Crippen LogP contribution is -2.33. The van der Waals surface area contributed by atoms with Gasteiger partial charge in [0.1, 0.15) is 5.65 Å². The van der Waals surface area contributed by atoms with Crippen LogP contribution >= 0.6 is 27.7 Å². The summed E-state index contributed by atoms with van der Waals surface area (Å²) >= 11 is 4.80. The Morgan fingerprint density at radius 3 is 3.00 bits per heavy atom. The molecular weight excluding hydrogens is 378 g/mol. The normalized spacial score (nSPS) is 12.3. The minimum atomic E-state index is -0.118. The van der Waals surface area contributed by atoms with Gasteiger partial charge < -0.3 is 5.32 Å². The fourth-order valence-electron chi connectivity index (χ4n) is 2.27. The zero-order chi connectivity index (χ0) is 16.8. The van der Waals surface area contributed by atoms with Gasteiger partial charge in [0.05, 0.1) is 11.4 Å². The number of nitrogens with zero attached hydrogens (tertiary/aromatic N) is 2. The Labute approximate surface area is 148 Å². The van der Waals surface area contributed by atoms with Gasteiger partial charge in [-0.25, -0.2) is 4.98 Å². The molecule has 0 aliphatic rings. The Morgan fingerprint density at radius 1 is 1.48 bits per heavy atom. The van der Waals surface area contributed by atoms with Crippen molar-refractivity contribution in [3.05, 3.63) is 44.9 Å². The van der Waals surface area contributed by atoms with Crippen molar-refractivity contribution >= 4 is 39.2 Å². The number of nitrogens with one attached hydrogen (secondary N) is 1. The van der Waals surface area contributed by atoms with E-state index in [2.05, 4.69) is 33.2 Å². The van der Waals surface area contributed by atoms with E-state index in [-0.39, 0.29) is 17.5 Å². The Hall–Kier alpha value is -1.34. The third-order valence-electron chi connectivity index (χ3n) is 3.29. The molecule has 0 aliphatic heterocycles. The minimum Gasteiger partial charge on any atom is -0.353 e. The second-order valence-corrected chi connectivity index (χ2v) is 7.31. The van der Waals surface area contributed by atoms with Gasteiger partial charge in [-0.3, -0.25) is 14.0 Å². The Bertz CT molecular complexity index is 748. The SMILES string of the molecule is CCC[C@H](C)NC(=O)CSCc1cc(=O)n2cc(Br)ccc2n1. The third kappa shape index (κ3) is 5.35. The molecule has 7 heteroatoms. The molecular formula is C16H20BrN3O2S. The minimum absolute atomic E-state index is 0.0254. The number of carbonyl (C=O) groups excluding carboxylic acids is 1. The lowest BCUT2D eigenvalue weighted by Gasteiger charge is -2.12. The molecule has 0 radical (unpaired) electrons. The first-order chi connectivity index (χ1) is 11.0. The summed E-state index contributed by atoms with van der Waals surface area (Å²) in [5.74, 6) is 0.935. The first kappa shape index (κ1) is 18.0. The number of thioether (sulfide) groups is 1. The van der Waals surface area contributed by atoms with Crippen molar-refractivity contribution in [3.8, 4) is 0 Å². The summed E-state index contributed by atoms with van der Waals surface area (Å²) in [5.41, 5.74) is 1.18. The van der Waals surface area contributed by atoms with Crippen molar-refractivity contribution in [2.75, 3.05) is 5.75 Å². The number of amides is 1. The van der Waals surface area contributed by atoms with Crippen molar-refractivity contribution in [2.45, 2.75) is 38.5 Å². The summed E-state index contributed by atoms with van der Waals surface area (Å²) in [6, 6.07) is 5.36. The van der Waals surface area contributed by atoms with Crippen LogP contribution in [-0.2, 0) is 10.5 Å². The van der Waals surface area contributed by atoms with Gasteiger partial charge in [0.25, 0.3) is 5.56 Å². The van der Waals surface area contributed by atoms with Gasteiger partial charge in [0.2, 0.25) is 5.91 Å². The average Bonchev–Trinajstić information content (AvgIpc) is 2.48. The lowest BCUT2D eigenvalue weighted by molar-refractivity contribution is -0.119. The zero-order valence-electron chi connectivity index (χ0n) is 13.2. The number of hydrogen-bond donors (Lipinski definition) is 1. The smallest absolute Gasteiger partial charge is 0.258 e. The number of rotatable bonds is 7. The predicted molar refractivity (Wildman–Crippen MR) is 97.8 cm³/mol. The van der Waals surface area contributed by atoms with E-state index in [4.69, 9.17) is 0 Å². The van der Waals surface area contributed by atoms with Crippen LogP contribution in [0.25, 0.3) is 5.65 Å². The van der Waals surface area contributed by atoms with E-state index in [0.29, 0.717) is 22.8 Å². The standard InChI is InChI=1S/C16H20BrN3O2S/c1-3-4-11(2)18-15(21)10-23-9-13-7-16(22)20-8-12(17)5-6-14(20)19-13/h5-8,11H,3-4,9-10H2,1-2H3,(H,18,21)/t11-/m0/s1. The molecule has 2 aromatic heterocycles. The van der Waals surface area contributed by atoms with Crippen LogP contribution in [0, 0.1) is 0 Å². The van der Waals surface area contributed by atoms with Gasteiger partial charge in [0, 0.05) is 28.5 Å². The number of hydrogen-bond acceptors (Lipinski definition) is 4. The van der Waals surface area contributed by atoms with Gasteiger partial charge in [0.15, 0.2) is 0 Å². The van der Waals surface area contributed by atoms with Crippen LogP contribution < -0.4 is 10.9 Å². The van der Waals surface area contributed by atoms with Crippen LogP contribution in [0.15, 0.2) is 33.7 Å². The molecule has 0 spiro atoms. The molecule has 0 aliphatic carbocycles. The summed E-state index contributed by atoms with van der Waals surface area (Å²) < 4.78 is 2.33.